The third-order valence-electron chi connectivity index (χ3n) is 4.66. The maximum Gasteiger partial charge on any atom is 0.223 e. The second-order valence-electron chi connectivity index (χ2n) is 6.38. The topological polar surface area (TPSA) is 60.8 Å². The first-order valence-electron chi connectivity index (χ1n) is 8.49. The summed E-state index contributed by atoms with van der Waals surface area (Å²) >= 11 is 0. The van der Waals surface area contributed by atoms with E-state index in [-0.39, 0.29) is 23.3 Å². The van der Waals surface area contributed by atoms with Crippen LogP contribution < -0.4 is 0 Å². The van der Waals surface area contributed by atoms with Gasteiger partial charge in [-0.25, -0.2) is 0 Å². The van der Waals surface area contributed by atoms with Crippen LogP contribution in [0.4, 0.5) is 0 Å². The average Bonchev–Trinajstić information content (AvgIpc) is 2.61. The number of hydrogen-bond donors (Lipinski definition) is 2. The standard InChI is InChI=1S/C20H23NO3/c22-17-9-7-15(8-10-17)19(16-5-4-6-18(23)13-16)14-20(24)21-11-2-1-3-12-21/h4-10,13,19,22-23H,1-3,11-12,14H2/t19-/m1/s1. The van der Waals surface area contributed by atoms with E-state index in [2.05, 4.69) is 0 Å². The molecule has 1 aliphatic heterocycles. The quantitative estimate of drug-likeness (QED) is 0.902. The lowest BCUT2D eigenvalue weighted by atomic mass is 9.87. The van der Waals surface area contributed by atoms with Crippen molar-refractivity contribution in [2.75, 3.05) is 13.1 Å². The first-order valence-corrected chi connectivity index (χ1v) is 8.49. The summed E-state index contributed by atoms with van der Waals surface area (Å²) in [7, 11) is 0. The highest BCUT2D eigenvalue weighted by molar-refractivity contribution is 5.78. The molecular weight excluding hydrogens is 302 g/mol. The Kier molecular flexibility index (Phi) is 5.04. The molecule has 2 N–H and O–H groups in total. The minimum absolute atomic E-state index is 0.132. The molecule has 0 bridgehead atoms. The van der Waals surface area contributed by atoms with E-state index in [9.17, 15) is 15.0 Å². The van der Waals surface area contributed by atoms with Crippen LogP contribution in [-0.4, -0.2) is 34.1 Å². The van der Waals surface area contributed by atoms with Crippen molar-refractivity contribution in [1.29, 1.82) is 0 Å². The molecule has 1 aliphatic rings. The van der Waals surface area contributed by atoms with Gasteiger partial charge in [-0.1, -0.05) is 24.3 Å². The van der Waals surface area contributed by atoms with Gasteiger partial charge in [-0.3, -0.25) is 4.79 Å². The van der Waals surface area contributed by atoms with Gasteiger partial charge in [-0.05, 0) is 54.7 Å². The van der Waals surface area contributed by atoms with Crippen molar-refractivity contribution in [3.63, 3.8) is 0 Å². The van der Waals surface area contributed by atoms with Gasteiger partial charge in [0, 0.05) is 25.4 Å². The number of benzene rings is 2. The van der Waals surface area contributed by atoms with Crippen molar-refractivity contribution in [2.45, 2.75) is 31.6 Å². The molecule has 3 rings (SSSR count). The van der Waals surface area contributed by atoms with E-state index >= 15 is 0 Å². The summed E-state index contributed by atoms with van der Waals surface area (Å²) in [5, 5.41) is 19.3. The van der Waals surface area contributed by atoms with Gasteiger partial charge < -0.3 is 15.1 Å². The number of phenolic OH excluding ortho intramolecular Hbond substituents is 2. The van der Waals surface area contributed by atoms with Gasteiger partial charge in [-0.2, -0.15) is 0 Å². The first kappa shape index (κ1) is 16.4. The Labute approximate surface area is 142 Å². The highest BCUT2D eigenvalue weighted by Crippen LogP contribution is 2.32. The van der Waals surface area contributed by atoms with E-state index in [1.54, 1.807) is 30.3 Å². The Morgan fingerprint density at radius 2 is 1.62 bits per heavy atom. The normalized spacial score (nSPS) is 15.9. The highest BCUT2D eigenvalue weighted by Gasteiger charge is 2.23. The molecule has 1 amide bonds. The first-order chi connectivity index (χ1) is 11.6. The van der Waals surface area contributed by atoms with Crippen LogP contribution in [0.5, 0.6) is 11.5 Å². The van der Waals surface area contributed by atoms with Gasteiger partial charge in [0.1, 0.15) is 11.5 Å². The Hall–Kier alpha value is -2.49. The minimum atomic E-state index is -0.132. The molecule has 2 aromatic carbocycles. The number of rotatable bonds is 4. The van der Waals surface area contributed by atoms with Crippen molar-refractivity contribution >= 4 is 5.91 Å². The molecule has 24 heavy (non-hydrogen) atoms. The number of hydrogen-bond acceptors (Lipinski definition) is 3. The summed E-state index contributed by atoms with van der Waals surface area (Å²) in [6, 6.07) is 14.0. The Balaban J connectivity index is 1.86. The molecular formula is C20H23NO3. The Bertz CT molecular complexity index is 690. The lowest BCUT2D eigenvalue weighted by Crippen LogP contribution is -2.36. The van der Waals surface area contributed by atoms with Crippen molar-refractivity contribution in [1.82, 2.24) is 4.90 Å². The predicted octanol–water partition coefficient (Wildman–Crippen LogP) is 3.63. The van der Waals surface area contributed by atoms with E-state index in [4.69, 9.17) is 0 Å². The van der Waals surface area contributed by atoms with Crippen LogP contribution in [0.1, 0.15) is 42.7 Å². The van der Waals surface area contributed by atoms with E-state index in [0.717, 1.165) is 37.1 Å². The van der Waals surface area contributed by atoms with Crippen LogP contribution in [0.2, 0.25) is 0 Å². The second kappa shape index (κ2) is 7.39. The highest BCUT2D eigenvalue weighted by atomic mass is 16.3. The molecule has 126 valence electrons. The van der Waals surface area contributed by atoms with Gasteiger partial charge in [0.15, 0.2) is 0 Å². The molecule has 0 aromatic heterocycles. The maximum atomic E-state index is 12.7. The van der Waals surface area contributed by atoms with Crippen molar-refractivity contribution in [3.8, 4) is 11.5 Å². The number of amides is 1. The van der Waals surface area contributed by atoms with E-state index in [1.807, 2.05) is 23.1 Å². The molecule has 0 spiro atoms. The summed E-state index contributed by atoms with van der Waals surface area (Å²) in [5.41, 5.74) is 1.87. The number of nitrogens with zero attached hydrogens (tertiary/aromatic N) is 1. The summed E-state index contributed by atoms with van der Waals surface area (Å²) in [4.78, 5) is 14.7. The number of likely N-dealkylation sites (tertiary alicyclic amines) is 1. The second-order valence-corrected chi connectivity index (χ2v) is 6.38. The third kappa shape index (κ3) is 3.88. The maximum absolute atomic E-state index is 12.7. The zero-order valence-corrected chi connectivity index (χ0v) is 13.7. The van der Waals surface area contributed by atoms with Crippen LogP contribution in [0.3, 0.4) is 0 Å². The van der Waals surface area contributed by atoms with Gasteiger partial charge in [0.25, 0.3) is 0 Å². The van der Waals surface area contributed by atoms with Crippen LogP contribution >= 0.6 is 0 Å². The summed E-state index contributed by atoms with van der Waals surface area (Å²) in [6.07, 6.45) is 3.70. The molecule has 1 saturated heterocycles. The Morgan fingerprint density at radius 3 is 2.29 bits per heavy atom. The summed E-state index contributed by atoms with van der Waals surface area (Å²) < 4.78 is 0. The molecule has 0 unspecified atom stereocenters. The number of carbonyl (C=O) groups is 1. The zero-order valence-electron chi connectivity index (χ0n) is 13.7. The fourth-order valence-electron chi connectivity index (χ4n) is 3.32. The van der Waals surface area contributed by atoms with Crippen LogP contribution in [0.15, 0.2) is 48.5 Å². The number of aromatic hydroxyl groups is 2. The van der Waals surface area contributed by atoms with Crippen molar-refractivity contribution in [3.05, 3.63) is 59.7 Å². The molecule has 1 heterocycles. The summed E-state index contributed by atoms with van der Waals surface area (Å²) in [6.45, 7) is 1.67. The van der Waals surface area contributed by atoms with Crippen LogP contribution in [0, 0.1) is 0 Å². The predicted molar refractivity (Wildman–Crippen MR) is 93.1 cm³/mol. The van der Waals surface area contributed by atoms with E-state index in [0.29, 0.717) is 6.42 Å². The summed E-state index contributed by atoms with van der Waals surface area (Å²) in [5.74, 6) is 0.417. The smallest absolute Gasteiger partial charge is 0.223 e. The lowest BCUT2D eigenvalue weighted by Gasteiger charge is -2.29. The third-order valence-corrected chi connectivity index (χ3v) is 4.66. The van der Waals surface area contributed by atoms with Gasteiger partial charge in [-0.15, -0.1) is 0 Å². The van der Waals surface area contributed by atoms with Gasteiger partial charge in [0.2, 0.25) is 5.91 Å². The molecule has 4 heteroatoms. The minimum Gasteiger partial charge on any atom is -0.508 e. The zero-order chi connectivity index (χ0) is 16.9. The molecule has 0 saturated carbocycles. The van der Waals surface area contributed by atoms with Crippen LogP contribution in [0.25, 0.3) is 0 Å². The molecule has 0 radical (unpaired) electrons. The number of piperidine rings is 1. The largest absolute Gasteiger partial charge is 0.508 e. The molecule has 2 aromatic rings. The van der Waals surface area contributed by atoms with Crippen molar-refractivity contribution in [2.24, 2.45) is 0 Å². The van der Waals surface area contributed by atoms with Gasteiger partial charge >= 0.3 is 0 Å². The fraction of sp³-hybridized carbons (Fsp3) is 0.350. The molecule has 0 aliphatic carbocycles. The SMILES string of the molecule is O=C(C[C@H](c1ccc(O)cc1)c1cccc(O)c1)N1CCCCC1. The fourth-order valence-corrected chi connectivity index (χ4v) is 3.32. The number of carbonyl (C=O) groups excluding carboxylic acids is 1. The molecule has 1 fully saturated rings. The molecule has 4 nitrogen and oxygen atoms in total. The Morgan fingerprint density at radius 1 is 0.917 bits per heavy atom. The average molecular weight is 325 g/mol. The van der Waals surface area contributed by atoms with E-state index < -0.39 is 0 Å². The van der Waals surface area contributed by atoms with Gasteiger partial charge in [0.05, 0.1) is 0 Å². The lowest BCUT2D eigenvalue weighted by molar-refractivity contribution is -0.132. The number of phenols is 2. The van der Waals surface area contributed by atoms with Crippen LogP contribution in [-0.2, 0) is 4.79 Å². The van der Waals surface area contributed by atoms with Crippen molar-refractivity contribution < 1.29 is 15.0 Å². The van der Waals surface area contributed by atoms with E-state index in [1.165, 1.54) is 6.42 Å². The monoisotopic (exact) mass is 325 g/mol. The molecule has 1 atom stereocenters.